The molecule has 1 aromatic carbocycles. The van der Waals surface area contributed by atoms with Gasteiger partial charge >= 0.3 is 0 Å². The van der Waals surface area contributed by atoms with E-state index in [4.69, 9.17) is 4.74 Å². The molecule has 2 aliphatic heterocycles. The van der Waals surface area contributed by atoms with Crippen LogP contribution in [0.5, 0.6) is 0 Å². The Kier molecular flexibility index (Phi) is 4.32. The maximum Gasteiger partial charge on any atom is 0.282 e. The van der Waals surface area contributed by atoms with Crippen molar-refractivity contribution in [2.45, 2.75) is 31.7 Å². The van der Waals surface area contributed by atoms with E-state index in [-0.39, 0.29) is 12.1 Å². The van der Waals surface area contributed by atoms with Crippen LogP contribution in [0.3, 0.4) is 0 Å². The van der Waals surface area contributed by atoms with E-state index in [0.717, 1.165) is 11.3 Å². The molecule has 0 unspecified atom stereocenters. The molecular formula is C16H21N5O3S. The van der Waals surface area contributed by atoms with Crippen LogP contribution in [0, 0.1) is 0 Å². The largest absolute Gasteiger partial charge is 0.368 e. The molecule has 2 atom stereocenters. The minimum absolute atomic E-state index is 0.0529. The second-order valence-electron chi connectivity index (χ2n) is 6.48. The van der Waals surface area contributed by atoms with E-state index in [2.05, 4.69) is 10.3 Å². The van der Waals surface area contributed by atoms with Gasteiger partial charge in [0.1, 0.15) is 0 Å². The number of ether oxygens (including phenoxy) is 1. The summed E-state index contributed by atoms with van der Waals surface area (Å²) in [6.07, 6.45) is 2.18. The van der Waals surface area contributed by atoms with Gasteiger partial charge < -0.3 is 4.74 Å². The lowest BCUT2D eigenvalue weighted by molar-refractivity contribution is -0.0551. The van der Waals surface area contributed by atoms with Crippen LogP contribution in [0.25, 0.3) is 0 Å². The van der Waals surface area contributed by atoms with Gasteiger partial charge in [0.2, 0.25) is 0 Å². The number of hydrogen-bond donors (Lipinski definition) is 0. The van der Waals surface area contributed by atoms with Crippen molar-refractivity contribution in [3.63, 3.8) is 0 Å². The van der Waals surface area contributed by atoms with Gasteiger partial charge in [-0.2, -0.15) is 17.0 Å². The maximum atomic E-state index is 12.9. The van der Waals surface area contributed by atoms with E-state index < -0.39 is 10.2 Å². The van der Waals surface area contributed by atoms with Crippen molar-refractivity contribution in [2.75, 3.05) is 20.1 Å². The molecule has 8 nitrogen and oxygen atoms in total. The molecule has 0 spiro atoms. The van der Waals surface area contributed by atoms with Gasteiger partial charge in [-0.05, 0) is 12.0 Å². The fraction of sp³-hybridized carbons (Fsp3) is 0.500. The molecule has 4 rings (SSSR count). The molecule has 134 valence electrons. The van der Waals surface area contributed by atoms with Crippen LogP contribution < -0.4 is 0 Å². The Balaban J connectivity index is 1.47. The fourth-order valence-corrected chi connectivity index (χ4v) is 4.87. The first-order valence-corrected chi connectivity index (χ1v) is 9.71. The minimum Gasteiger partial charge on any atom is -0.368 e. The molecule has 2 aliphatic rings. The second-order valence-corrected chi connectivity index (χ2v) is 8.52. The Morgan fingerprint density at radius 2 is 2.12 bits per heavy atom. The van der Waals surface area contributed by atoms with E-state index in [1.165, 1.54) is 8.61 Å². The van der Waals surface area contributed by atoms with Crippen LogP contribution in [0.1, 0.15) is 23.7 Å². The third kappa shape index (κ3) is 3.08. The van der Waals surface area contributed by atoms with Gasteiger partial charge in [-0.25, -0.2) is 4.68 Å². The zero-order chi connectivity index (χ0) is 17.4. The predicted molar refractivity (Wildman–Crippen MR) is 90.7 cm³/mol. The van der Waals surface area contributed by atoms with Gasteiger partial charge in [0.05, 0.1) is 30.6 Å². The SMILES string of the molecule is CN(Cc1ccccc1)S(=O)(=O)N1CC[C@H]2[C@H](C1)OCc1cnnn12. The summed E-state index contributed by atoms with van der Waals surface area (Å²) in [6.45, 7) is 1.56. The number of hydrogen-bond acceptors (Lipinski definition) is 5. The molecule has 0 bridgehead atoms. The molecule has 0 radical (unpaired) electrons. The summed E-state index contributed by atoms with van der Waals surface area (Å²) < 4.78 is 36.5. The molecule has 25 heavy (non-hydrogen) atoms. The van der Waals surface area contributed by atoms with Crippen molar-refractivity contribution in [3.05, 3.63) is 47.8 Å². The molecule has 1 fully saturated rings. The molecule has 0 amide bonds. The third-order valence-electron chi connectivity index (χ3n) is 4.86. The van der Waals surface area contributed by atoms with Crippen LogP contribution in [-0.2, 0) is 28.1 Å². The van der Waals surface area contributed by atoms with Crippen molar-refractivity contribution < 1.29 is 13.2 Å². The summed E-state index contributed by atoms with van der Waals surface area (Å²) in [7, 11) is -1.92. The molecular weight excluding hydrogens is 342 g/mol. The second kappa shape index (κ2) is 6.49. The van der Waals surface area contributed by atoms with Gasteiger partial charge in [-0.15, -0.1) is 5.10 Å². The normalized spacial score (nSPS) is 24.1. The highest BCUT2D eigenvalue weighted by Gasteiger charge is 2.41. The van der Waals surface area contributed by atoms with Crippen LogP contribution in [-0.4, -0.2) is 58.3 Å². The number of aromatic nitrogens is 3. The number of fused-ring (bicyclic) bond motifs is 3. The zero-order valence-electron chi connectivity index (χ0n) is 14.0. The van der Waals surface area contributed by atoms with Crippen molar-refractivity contribution in [1.29, 1.82) is 0 Å². The van der Waals surface area contributed by atoms with E-state index in [0.29, 0.717) is 32.7 Å². The van der Waals surface area contributed by atoms with Crippen molar-refractivity contribution in [2.24, 2.45) is 0 Å². The Morgan fingerprint density at radius 3 is 2.92 bits per heavy atom. The quantitative estimate of drug-likeness (QED) is 0.803. The summed E-state index contributed by atoms with van der Waals surface area (Å²) in [4.78, 5) is 0. The highest BCUT2D eigenvalue weighted by atomic mass is 32.2. The Bertz CT molecular complexity index is 838. The Morgan fingerprint density at radius 1 is 1.32 bits per heavy atom. The van der Waals surface area contributed by atoms with E-state index in [1.807, 2.05) is 35.0 Å². The summed E-state index contributed by atoms with van der Waals surface area (Å²) in [6, 6.07) is 9.64. The maximum absolute atomic E-state index is 12.9. The van der Waals surface area contributed by atoms with Gasteiger partial charge in [-0.3, -0.25) is 0 Å². The molecule has 0 aliphatic carbocycles. The van der Waals surface area contributed by atoms with Gasteiger partial charge in [-0.1, -0.05) is 35.5 Å². The number of benzene rings is 1. The van der Waals surface area contributed by atoms with Crippen LogP contribution in [0.15, 0.2) is 36.5 Å². The monoisotopic (exact) mass is 363 g/mol. The lowest BCUT2D eigenvalue weighted by atomic mass is 10.0. The van der Waals surface area contributed by atoms with Crippen LogP contribution in [0.4, 0.5) is 0 Å². The summed E-state index contributed by atoms with van der Waals surface area (Å²) in [5.41, 5.74) is 1.91. The lowest BCUT2D eigenvalue weighted by Crippen LogP contribution is -2.53. The average Bonchev–Trinajstić information content (AvgIpc) is 3.11. The summed E-state index contributed by atoms with van der Waals surface area (Å²) >= 11 is 0. The van der Waals surface area contributed by atoms with Gasteiger partial charge in [0.25, 0.3) is 10.2 Å². The first-order chi connectivity index (χ1) is 12.1. The number of rotatable bonds is 4. The van der Waals surface area contributed by atoms with Crippen molar-refractivity contribution in [3.8, 4) is 0 Å². The number of piperidine rings is 1. The van der Waals surface area contributed by atoms with Gasteiger partial charge in [0, 0.05) is 26.7 Å². The molecule has 2 aromatic rings. The lowest BCUT2D eigenvalue weighted by Gasteiger charge is -2.41. The highest BCUT2D eigenvalue weighted by Crippen LogP contribution is 2.32. The zero-order valence-corrected chi connectivity index (χ0v) is 14.8. The molecule has 9 heteroatoms. The third-order valence-corrected chi connectivity index (χ3v) is 6.76. The van der Waals surface area contributed by atoms with Crippen molar-refractivity contribution in [1.82, 2.24) is 23.6 Å². The molecule has 1 aromatic heterocycles. The molecule has 0 N–H and O–H groups in total. The van der Waals surface area contributed by atoms with Crippen LogP contribution in [0.2, 0.25) is 0 Å². The van der Waals surface area contributed by atoms with E-state index >= 15 is 0 Å². The fourth-order valence-electron chi connectivity index (χ4n) is 3.49. The van der Waals surface area contributed by atoms with Crippen LogP contribution >= 0.6 is 0 Å². The smallest absolute Gasteiger partial charge is 0.282 e. The van der Waals surface area contributed by atoms with Crippen molar-refractivity contribution >= 4 is 10.2 Å². The molecule has 1 saturated heterocycles. The minimum atomic E-state index is -3.53. The Labute approximate surface area is 147 Å². The Hall–Kier alpha value is -1.81. The first-order valence-electron chi connectivity index (χ1n) is 8.32. The standard InChI is InChI=1S/C16H21N5O3S/c1-19(10-13-5-3-2-4-6-13)25(22,23)20-8-7-15-16(11-20)24-12-14-9-17-18-21(14)15/h2-6,9,15-16H,7-8,10-12H2,1H3/t15-,16-/m0/s1. The molecule has 3 heterocycles. The topological polar surface area (TPSA) is 80.6 Å². The van der Waals surface area contributed by atoms with Gasteiger partial charge in [0.15, 0.2) is 0 Å². The molecule has 0 saturated carbocycles. The highest BCUT2D eigenvalue weighted by molar-refractivity contribution is 7.86. The first kappa shape index (κ1) is 16.6. The average molecular weight is 363 g/mol. The van der Waals surface area contributed by atoms with E-state index in [1.54, 1.807) is 13.2 Å². The summed E-state index contributed by atoms with van der Waals surface area (Å²) in [5.74, 6) is 0. The predicted octanol–water partition coefficient (Wildman–Crippen LogP) is 0.800. The summed E-state index contributed by atoms with van der Waals surface area (Å²) in [5, 5.41) is 8.06. The number of nitrogens with zero attached hydrogens (tertiary/aromatic N) is 5. The van der Waals surface area contributed by atoms with E-state index in [9.17, 15) is 8.42 Å².